The fourth-order valence-electron chi connectivity index (χ4n) is 4.19. The van der Waals surface area contributed by atoms with Gasteiger partial charge in [0.1, 0.15) is 12.1 Å². The minimum Gasteiger partial charge on any atom is -0.377 e. The third-order valence-corrected chi connectivity index (χ3v) is 5.81. The van der Waals surface area contributed by atoms with Crippen LogP contribution >= 0.6 is 0 Å². The van der Waals surface area contributed by atoms with Crippen LogP contribution in [-0.4, -0.2) is 65.5 Å². The summed E-state index contributed by atoms with van der Waals surface area (Å²) in [4.78, 5) is 40.8. The number of hydrogen-bond acceptors (Lipinski definition) is 4. The molecule has 1 saturated carbocycles. The lowest BCUT2D eigenvalue weighted by Gasteiger charge is -2.37. The van der Waals surface area contributed by atoms with E-state index in [0.29, 0.717) is 26.2 Å². The molecule has 0 radical (unpaired) electrons. The molecule has 3 fully saturated rings. The van der Waals surface area contributed by atoms with Gasteiger partial charge in [0.15, 0.2) is 0 Å². The maximum absolute atomic E-state index is 12.9. The van der Waals surface area contributed by atoms with E-state index in [1.165, 1.54) is 0 Å². The number of carbonyl (C=O) groups excluding carboxylic acids is 3. The summed E-state index contributed by atoms with van der Waals surface area (Å²) in [6, 6.07) is -0.405. The normalized spacial score (nSPS) is 33.9. The Bertz CT molecular complexity index is 538. The van der Waals surface area contributed by atoms with Gasteiger partial charge in [0.25, 0.3) is 5.91 Å². The van der Waals surface area contributed by atoms with Gasteiger partial charge in [-0.3, -0.25) is 14.5 Å². The van der Waals surface area contributed by atoms with Crippen molar-refractivity contribution in [2.75, 3.05) is 26.3 Å². The van der Waals surface area contributed by atoms with Gasteiger partial charge in [0, 0.05) is 6.54 Å². The molecule has 3 atom stereocenters. The molecule has 0 aromatic heterocycles. The first kappa shape index (κ1) is 17.2. The van der Waals surface area contributed by atoms with Gasteiger partial charge in [-0.1, -0.05) is 26.7 Å². The van der Waals surface area contributed by atoms with Crippen LogP contribution in [0.2, 0.25) is 0 Å². The lowest BCUT2D eigenvalue weighted by molar-refractivity contribution is -0.145. The van der Waals surface area contributed by atoms with Gasteiger partial charge in [0.05, 0.1) is 19.3 Å². The highest BCUT2D eigenvalue weighted by Gasteiger charge is 2.55. The molecule has 24 heavy (non-hydrogen) atoms. The van der Waals surface area contributed by atoms with E-state index in [1.807, 2.05) is 13.8 Å². The minimum atomic E-state index is -0.801. The summed E-state index contributed by atoms with van der Waals surface area (Å²) in [6.07, 6.45) is 4.40. The summed E-state index contributed by atoms with van der Waals surface area (Å²) >= 11 is 0. The van der Waals surface area contributed by atoms with Crippen LogP contribution in [0.3, 0.4) is 0 Å². The Morgan fingerprint density at radius 2 is 2.17 bits per heavy atom. The van der Waals surface area contributed by atoms with Crippen molar-refractivity contribution in [3.05, 3.63) is 0 Å². The molecule has 3 rings (SSSR count). The van der Waals surface area contributed by atoms with Crippen LogP contribution in [-0.2, 0) is 14.3 Å². The average molecular weight is 337 g/mol. The van der Waals surface area contributed by atoms with Crippen LogP contribution in [0.25, 0.3) is 0 Å². The zero-order valence-corrected chi connectivity index (χ0v) is 14.5. The smallest absolute Gasteiger partial charge is 0.325 e. The Morgan fingerprint density at radius 1 is 1.38 bits per heavy atom. The summed E-state index contributed by atoms with van der Waals surface area (Å²) < 4.78 is 5.42. The van der Waals surface area contributed by atoms with E-state index < -0.39 is 11.6 Å². The molecular formula is C17H27N3O4. The number of carbonyl (C=O) groups is 3. The molecule has 134 valence electrons. The maximum atomic E-state index is 12.9. The van der Waals surface area contributed by atoms with Gasteiger partial charge in [-0.25, -0.2) is 4.79 Å². The van der Waals surface area contributed by atoms with E-state index >= 15 is 0 Å². The maximum Gasteiger partial charge on any atom is 0.325 e. The molecule has 2 saturated heterocycles. The van der Waals surface area contributed by atoms with Crippen molar-refractivity contribution in [3.8, 4) is 0 Å². The third kappa shape index (κ3) is 2.79. The minimum absolute atomic E-state index is 0.0228. The third-order valence-electron chi connectivity index (χ3n) is 5.81. The number of ether oxygens (including phenoxy) is 1. The zero-order chi connectivity index (χ0) is 17.3. The Balaban J connectivity index is 1.72. The molecule has 1 N–H and O–H groups in total. The Kier molecular flexibility index (Phi) is 4.80. The molecule has 7 heteroatoms. The van der Waals surface area contributed by atoms with Crippen LogP contribution < -0.4 is 5.32 Å². The quantitative estimate of drug-likeness (QED) is 0.783. The molecule has 2 aliphatic heterocycles. The van der Waals surface area contributed by atoms with E-state index in [0.717, 1.165) is 30.6 Å². The second-order valence-electron chi connectivity index (χ2n) is 7.16. The number of amides is 4. The SMILES string of the molecule is CC[C@@H]1COCCN1C(=O)CN1C(=O)N[C@@]2(CCCC[C@@H]2C)C1=O. The van der Waals surface area contributed by atoms with Gasteiger partial charge in [-0.2, -0.15) is 0 Å². The fourth-order valence-corrected chi connectivity index (χ4v) is 4.19. The van der Waals surface area contributed by atoms with Gasteiger partial charge >= 0.3 is 6.03 Å². The van der Waals surface area contributed by atoms with Crippen molar-refractivity contribution in [3.63, 3.8) is 0 Å². The van der Waals surface area contributed by atoms with E-state index in [2.05, 4.69) is 5.32 Å². The highest BCUT2D eigenvalue weighted by atomic mass is 16.5. The fraction of sp³-hybridized carbons (Fsp3) is 0.824. The lowest BCUT2D eigenvalue weighted by atomic mass is 9.73. The van der Waals surface area contributed by atoms with Gasteiger partial charge in [-0.05, 0) is 25.2 Å². The number of rotatable bonds is 3. The van der Waals surface area contributed by atoms with E-state index in [-0.39, 0.29) is 30.3 Å². The predicted molar refractivity (Wildman–Crippen MR) is 87.2 cm³/mol. The molecule has 7 nitrogen and oxygen atoms in total. The van der Waals surface area contributed by atoms with Crippen molar-refractivity contribution >= 4 is 17.8 Å². The largest absolute Gasteiger partial charge is 0.377 e. The first-order valence-corrected chi connectivity index (χ1v) is 9.01. The van der Waals surface area contributed by atoms with Crippen molar-refractivity contribution in [2.45, 2.75) is 57.5 Å². The zero-order valence-electron chi connectivity index (χ0n) is 14.5. The van der Waals surface area contributed by atoms with Crippen LogP contribution in [0.1, 0.15) is 46.0 Å². The second kappa shape index (κ2) is 6.70. The summed E-state index contributed by atoms with van der Waals surface area (Å²) in [5.74, 6) is -0.293. The molecule has 0 bridgehead atoms. The first-order valence-electron chi connectivity index (χ1n) is 9.01. The highest BCUT2D eigenvalue weighted by molar-refractivity contribution is 6.09. The molecule has 0 aromatic carbocycles. The predicted octanol–water partition coefficient (Wildman–Crippen LogP) is 1.12. The number of morpholine rings is 1. The topological polar surface area (TPSA) is 79.0 Å². The number of urea groups is 1. The average Bonchev–Trinajstić information content (AvgIpc) is 2.82. The summed E-state index contributed by atoms with van der Waals surface area (Å²) in [5, 5.41) is 2.89. The van der Waals surface area contributed by atoms with E-state index in [9.17, 15) is 14.4 Å². The van der Waals surface area contributed by atoms with Crippen molar-refractivity contribution in [1.29, 1.82) is 0 Å². The summed E-state index contributed by atoms with van der Waals surface area (Å²) in [6.45, 7) is 5.38. The summed E-state index contributed by atoms with van der Waals surface area (Å²) in [5.41, 5.74) is -0.801. The number of nitrogens with zero attached hydrogens (tertiary/aromatic N) is 2. The lowest BCUT2D eigenvalue weighted by Crippen LogP contribution is -2.55. The first-order chi connectivity index (χ1) is 11.5. The van der Waals surface area contributed by atoms with Crippen LogP contribution in [0.5, 0.6) is 0 Å². The van der Waals surface area contributed by atoms with E-state index in [1.54, 1.807) is 4.90 Å². The molecular weight excluding hydrogens is 310 g/mol. The highest BCUT2D eigenvalue weighted by Crippen LogP contribution is 2.38. The van der Waals surface area contributed by atoms with Crippen LogP contribution in [0.4, 0.5) is 4.79 Å². The molecule has 1 aliphatic carbocycles. The molecule has 4 amide bonds. The van der Waals surface area contributed by atoms with Gasteiger partial charge < -0.3 is 15.0 Å². The second-order valence-corrected chi connectivity index (χ2v) is 7.16. The van der Waals surface area contributed by atoms with Gasteiger partial charge in [0.2, 0.25) is 5.91 Å². The molecule has 3 aliphatic rings. The number of hydrogen-bond donors (Lipinski definition) is 1. The van der Waals surface area contributed by atoms with Crippen LogP contribution in [0, 0.1) is 5.92 Å². The molecule has 1 spiro atoms. The summed E-state index contributed by atoms with van der Waals surface area (Å²) in [7, 11) is 0. The molecule has 0 aromatic rings. The standard InChI is InChI=1S/C17H27N3O4/c1-3-13-11-24-9-8-19(13)14(21)10-20-15(22)17(18-16(20)23)7-5-4-6-12(17)2/h12-13H,3-11H2,1-2H3,(H,18,23)/t12-,13+,17+/m0/s1. The molecule has 0 unspecified atom stereocenters. The molecule has 2 heterocycles. The van der Waals surface area contributed by atoms with E-state index in [4.69, 9.17) is 4.74 Å². The van der Waals surface area contributed by atoms with Crippen molar-refractivity contribution < 1.29 is 19.1 Å². The van der Waals surface area contributed by atoms with Crippen LogP contribution in [0.15, 0.2) is 0 Å². The van der Waals surface area contributed by atoms with Crippen molar-refractivity contribution in [1.82, 2.24) is 15.1 Å². The Hall–Kier alpha value is -1.63. The number of nitrogens with one attached hydrogen (secondary N) is 1. The monoisotopic (exact) mass is 337 g/mol. The Morgan fingerprint density at radius 3 is 2.88 bits per heavy atom. The van der Waals surface area contributed by atoms with Gasteiger partial charge in [-0.15, -0.1) is 0 Å². The van der Waals surface area contributed by atoms with Crippen molar-refractivity contribution in [2.24, 2.45) is 5.92 Å². The number of imide groups is 1. The Labute approximate surface area is 142 Å².